The number of amides is 1. The van der Waals surface area contributed by atoms with Crippen LogP contribution in [0, 0.1) is 11.6 Å². The maximum Gasteiger partial charge on any atom is 0.272 e. The number of hydrogen-bond donors (Lipinski definition) is 2. The standard InChI is InChI=1S/C16H10F2N2O2/c17-10-5-6-13(12(18)8-10)19-16(22)14-7-9-3-1-2-4-11(9)15(21)20-14/h1-8H,(H,19,22)(H,20,21). The first-order chi connectivity index (χ1) is 10.5. The molecular weight excluding hydrogens is 290 g/mol. The van der Waals surface area contributed by atoms with Crippen molar-refractivity contribution in [1.82, 2.24) is 4.98 Å². The Balaban J connectivity index is 1.97. The van der Waals surface area contributed by atoms with E-state index in [1.165, 1.54) is 6.07 Å². The van der Waals surface area contributed by atoms with Crippen LogP contribution in [0.3, 0.4) is 0 Å². The third-order valence-electron chi connectivity index (χ3n) is 3.18. The summed E-state index contributed by atoms with van der Waals surface area (Å²) in [6.07, 6.45) is 0. The van der Waals surface area contributed by atoms with Crippen LogP contribution in [0.25, 0.3) is 10.8 Å². The zero-order valence-electron chi connectivity index (χ0n) is 11.2. The minimum atomic E-state index is -0.892. The summed E-state index contributed by atoms with van der Waals surface area (Å²) < 4.78 is 26.4. The smallest absolute Gasteiger partial charge is 0.272 e. The first kappa shape index (κ1) is 13.9. The van der Waals surface area contributed by atoms with Gasteiger partial charge in [0.25, 0.3) is 11.5 Å². The van der Waals surface area contributed by atoms with E-state index < -0.39 is 23.1 Å². The molecule has 1 heterocycles. The molecule has 110 valence electrons. The summed E-state index contributed by atoms with van der Waals surface area (Å²) in [7, 11) is 0. The van der Waals surface area contributed by atoms with Gasteiger partial charge in [0.1, 0.15) is 17.3 Å². The van der Waals surface area contributed by atoms with E-state index in [1.807, 2.05) is 0 Å². The Morgan fingerprint density at radius 3 is 2.59 bits per heavy atom. The molecule has 1 aromatic heterocycles. The Labute approximate surface area is 123 Å². The monoisotopic (exact) mass is 300 g/mol. The summed E-state index contributed by atoms with van der Waals surface area (Å²) >= 11 is 0. The molecule has 0 bridgehead atoms. The lowest BCUT2D eigenvalue weighted by Gasteiger charge is -2.07. The molecule has 0 aliphatic rings. The quantitative estimate of drug-likeness (QED) is 0.764. The summed E-state index contributed by atoms with van der Waals surface area (Å²) in [6.45, 7) is 0. The third-order valence-corrected chi connectivity index (χ3v) is 3.18. The summed E-state index contributed by atoms with van der Waals surface area (Å²) in [5.41, 5.74) is -0.587. The van der Waals surface area contributed by atoms with E-state index >= 15 is 0 Å². The van der Waals surface area contributed by atoms with Gasteiger partial charge in [0.15, 0.2) is 0 Å². The van der Waals surface area contributed by atoms with Gasteiger partial charge in [-0.3, -0.25) is 9.59 Å². The second-order valence-electron chi connectivity index (χ2n) is 4.68. The van der Waals surface area contributed by atoms with Crippen LogP contribution in [-0.4, -0.2) is 10.9 Å². The topological polar surface area (TPSA) is 62.0 Å². The second kappa shape index (κ2) is 5.40. The van der Waals surface area contributed by atoms with Crippen LogP contribution in [0.4, 0.5) is 14.5 Å². The normalized spacial score (nSPS) is 10.6. The van der Waals surface area contributed by atoms with E-state index in [0.29, 0.717) is 16.8 Å². The number of aromatic amines is 1. The molecule has 0 spiro atoms. The maximum atomic E-state index is 13.5. The molecule has 22 heavy (non-hydrogen) atoms. The van der Waals surface area contributed by atoms with Crippen LogP contribution in [0.5, 0.6) is 0 Å². The first-order valence-corrected chi connectivity index (χ1v) is 6.43. The number of anilines is 1. The van der Waals surface area contributed by atoms with Gasteiger partial charge >= 0.3 is 0 Å². The minimum Gasteiger partial charge on any atom is -0.318 e. The van der Waals surface area contributed by atoms with Gasteiger partial charge < -0.3 is 10.3 Å². The summed E-state index contributed by atoms with van der Waals surface area (Å²) in [5, 5.41) is 3.34. The second-order valence-corrected chi connectivity index (χ2v) is 4.68. The molecular formula is C16H10F2N2O2. The van der Waals surface area contributed by atoms with Gasteiger partial charge in [-0.2, -0.15) is 0 Å². The van der Waals surface area contributed by atoms with Crippen molar-refractivity contribution in [3.8, 4) is 0 Å². The summed E-state index contributed by atoms with van der Waals surface area (Å²) in [6, 6.07) is 11.1. The van der Waals surface area contributed by atoms with Gasteiger partial charge in [-0.05, 0) is 29.7 Å². The lowest BCUT2D eigenvalue weighted by molar-refractivity contribution is 0.102. The molecule has 0 saturated carbocycles. The molecule has 2 N–H and O–H groups in total. The van der Waals surface area contributed by atoms with Gasteiger partial charge in [0.05, 0.1) is 5.69 Å². The van der Waals surface area contributed by atoms with Crippen molar-refractivity contribution in [2.75, 3.05) is 5.32 Å². The zero-order valence-corrected chi connectivity index (χ0v) is 11.2. The minimum absolute atomic E-state index is 0.00701. The molecule has 3 rings (SSSR count). The Morgan fingerprint density at radius 2 is 1.82 bits per heavy atom. The first-order valence-electron chi connectivity index (χ1n) is 6.43. The number of carbonyl (C=O) groups is 1. The van der Waals surface area contributed by atoms with Gasteiger partial charge in [-0.1, -0.05) is 18.2 Å². The molecule has 1 amide bonds. The Morgan fingerprint density at radius 1 is 1.05 bits per heavy atom. The van der Waals surface area contributed by atoms with Gasteiger partial charge in [0.2, 0.25) is 0 Å². The van der Waals surface area contributed by atoms with Gasteiger partial charge in [0, 0.05) is 11.5 Å². The average molecular weight is 300 g/mol. The molecule has 0 aliphatic heterocycles. The van der Waals surface area contributed by atoms with Gasteiger partial charge in [-0.25, -0.2) is 8.78 Å². The third kappa shape index (κ3) is 2.58. The number of hydrogen-bond acceptors (Lipinski definition) is 2. The molecule has 0 unspecified atom stereocenters. The van der Waals surface area contributed by atoms with Crippen LogP contribution in [-0.2, 0) is 0 Å². The zero-order chi connectivity index (χ0) is 15.7. The van der Waals surface area contributed by atoms with E-state index in [9.17, 15) is 18.4 Å². The van der Waals surface area contributed by atoms with E-state index in [1.54, 1.807) is 24.3 Å². The van der Waals surface area contributed by atoms with E-state index in [0.717, 1.165) is 12.1 Å². The van der Waals surface area contributed by atoms with Crippen molar-refractivity contribution >= 4 is 22.4 Å². The number of fused-ring (bicyclic) bond motifs is 1. The molecule has 0 aliphatic carbocycles. The lowest BCUT2D eigenvalue weighted by atomic mass is 10.1. The molecule has 4 nitrogen and oxygen atoms in total. The number of rotatable bonds is 2. The fourth-order valence-corrected chi connectivity index (χ4v) is 2.11. The molecule has 0 fully saturated rings. The lowest BCUT2D eigenvalue weighted by Crippen LogP contribution is -2.19. The number of carbonyl (C=O) groups excluding carboxylic acids is 1. The van der Waals surface area contributed by atoms with Crippen molar-refractivity contribution in [1.29, 1.82) is 0 Å². The SMILES string of the molecule is O=C(Nc1ccc(F)cc1F)c1cc2ccccc2c(=O)[nH]1. The van der Waals surface area contributed by atoms with Crippen molar-refractivity contribution in [3.63, 3.8) is 0 Å². The van der Waals surface area contributed by atoms with E-state index in [-0.39, 0.29) is 11.4 Å². The Kier molecular flexibility index (Phi) is 3.42. The summed E-state index contributed by atoms with van der Waals surface area (Å²) in [5.74, 6) is -2.32. The fourth-order valence-electron chi connectivity index (χ4n) is 2.11. The number of aromatic nitrogens is 1. The molecule has 0 radical (unpaired) electrons. The highest BCUT2D eigenvalue weighted by Crippen LogP contribution is 2.16. The van der Waals surface area contributed by atoms with Crippen molar-refractivity contribution in [2.24, 2.45) is 0 Å². The number of H-pyrrole nitrogens is 1. The molecule has 6 heteroatoms. The van der Waals surface area contributed by atoms with Crippen molar-refractivity contribution in [3.05, 3.63) is 76.2 Å². The highest BCUT2D eigenvalue weighted by molar-refractivity contribution is 6.04. The molecule has 3 aromatic rings. The van der Waals surface area contributed by atoms with Crippen LogP contribution in [0.2, 0.25) is 0 Å². The van der Waals surface area contributed by atoms with E-state index in [2.05, 4.69) is 10.3 Å². The van der Waals surface area contributed by atoms with Crippen LogP contribution in [0.1, 0.15) is 10.5 Å². The fraction of sp³-hybridized carbons (Fsp3) is 0. The number of nitrogens with one attached hydrogen (secondary N) is 2. The largest absolute Gasteiger partial charge is 0.318 e. The van der Waals surface area contributed by atoms with Crippen LogP contribution < -0.4 is 10.9 Å². The predicted molar refractivity (Wildman–Crippen MR) is 78.9 cm³/mol. The van der Waals surface area contributed by atoms with Gasteiger partial charge in [-0.15, -0.1) is 0 Å². The highest BCUT2D eigenvalue weighted by Gasteiger charge is 2.12. The Bertz CT molecular complexity index is 935. The predicted octanol–water partition coefficient (Wildman–Crippen LogP) is 3.06. The Hall–Kier alpha value is -3.02. The number of halogens is 2. The highest BCUT2D eigenvalue weighted by atomic mass is 19.1. The number of pyridine rings is 1. The molecule has 0 saturated heterocycles. The van der Waals surface area contributed by atoms with Crippen LogP contribution in [0.15, 0.2) is 53.3 Å². The molecule has 2 aromatic carbocycles. The number of benzene rings is 2. The van der Waals surface area contributed by atoms with E-state index in [4.69, 9.17) is 0 Å². The maximum absolute atomic E-state index is 13.5. The van der Waals surface area contributed by atoms with Crippen molar-refractivity contribution in [2.45, 2.75) is 0 Å². The van der Waals surface area contributed by atoms with Crippen molar-refractivity contribution < 1.29 is 13.6 Å². The van der Waals surface area contributed by atoms with Crippen LogP contribution >= 0.6 is 0 Å². The average Bonchev–Trinajstić information content (AvgIpc) is 2.50. The molecule has 0 atom stereocenters. The summed E-state index contributed by atoms with van der Waals surface area (Å²) in [4.78, 5) is 26.5.